The van der Waals surface area contributed by atoms with Crippen molar-refractivity contribution >= 4 is 0 Å². The van der Waals surface area contributed by atoms with Crippen molar-refractivity contribution in [1.29, 1.82) is 0 Å². The van der Waals surface area contributed by atoms with Crippen LogP contribution in [-0.4, -0.2) is 35.8 Å². The molecule has 1 N–H and O–H groups in total. The zero-order chi connectivity index (χ0) is 25.2. The predicted octanol–water partition coefficient (Wildman–Crippen LogP) is 7.06. The van der Waals surface area contributed by atoms with Gasteiger partial charge in [-0.3, -0.25) is 0 Å². The van der Waals surface area contributed by atoms with E-state index in [1.54, 1.807) is 7.11 Å². The molecule has 0 aliphatic heterocycles. The standard InChI is InChI=1S/C25H29F7O2/c1-21-12-8-18-17-7-5-16(34-2)14-15(17)4-6-19(18)20(21)9-13-22(21,33)10-3-11-23(26,27)24(28,29)25(30,31)32/h3,5,7,10,14,18-20,33H,4,6,8-9,11-13H2,1-2H3/b10-3+/t18-,19-,20+,21+,22+/m1/s1. The van der Waals surface area contributed by atoms with E-state index in [9.17, 15) is 35.8 Å². The summed E-state index contributed by atoms with van der Waals surface area (Å²) in [4.78, 5) is 0. The molecule has 3 aliphatic rings. The maximum Gasteiger partial charge on any atom is 0.459 e. The van der Waals surface area contributed by atoms with E-state index in [2.05, 4.69) is 6.07 Å². The number of rotatable bonds is 5. The molecule has 2 fully saturated rings. The van der Waals surface area contributed by atoms with Crippen LogP contribution in [0.15, 0.2) is 30.4 Å². The van der Waals surface area contributed by atoms with Gasteiger partial charge in [-0.2, -0.15) is 30.7 Å². The van der Waals surface area contributed by atoms with Gasteiger partial charge in [0.2, 0.25) is 0 Å². The van der Waals surface area contributed by atoms with Gasteiger partial charge >= 0.3 is 18.0 Å². The molecule has 1 aromatic carbocycles. The minimum atomic E-state index is -6.36. The second-order valence-corrected chi connectivity index (χ2v) is 10.3. The van der Waals surface area contributed by atoms with E-state index in [1.165, 1.54) is 11.1 Å². The van der Waals surface area contributed by atoms with Gasteiger partial charge in [0.25, 0.3) is 0 Å². The highest BCUT2D eigenvalue weighted by atomic mass is 19.4. The number of alkyl halides is 7. The van der Waals surface area contributed by atoms with Crippen LogP contribution in [0.4, 0.5) is 30.7 Å². The second kappa shape index (κ2) is 8.14. The fourth-order valence-corrected chi connectivity index (χ4v) is 6.75. The highest BCUT2D eigenvalue weighted by Gasteiger charge is 2.72. The van der Waals surface area contributed by atoms with Crippen LogP contribution in [0.5, 0.6) is 5.75 Å². The van der Waals surface area contributed by atoms with Gasteiger partial charge in [-0.05, 0) is 79.5 Å². The molecule has 0 aromatic heterocycles. The molecular formula is C25H29F7O2. The molecule has 3 aliphatic carbocycles. The van der Waals surface area contributed by atoms with Gasteiger partial charge < -0.3 is 9.84 Å². The van der Waals surface area contributed by atoms with Gasteiger partial charge in [0.05, 0.1) is 12.7 Å². The van der Waals surface area contributed by atoms with Gasteiger partial charge in [-0.25, -0.2) is 0 Å². The number of halogens is 7. The maximum absolute atomic E-state index is 13.7. The fraction of sp³-hybridized carbons (Fsp3) is 0.680. The summed E-state index contributed by atoms with van der Waals surface area (Å²) in [6.45, 7) is 1.89. The number of aryl methyl sites for hydroxylation is 1. The zero-order valence-corrected chi connectivity index (χ0v) is 19.1. The molecule has 0 radical (unpaired) electrons. The molecule has 2 nitrogen and oxygen atoms in total. The van der Waals surface area contributed by atoms with Crippen molar-refractivity contribution in [2.45, 2.75) is 81.4 Å². The number of aliphatic hydroxyl groups is 1. The summed E-state index contributed by atoms with van der Waals surface area (Å²) in [5.74, 6) is -9.99. The highest BCUT2D eigenvalue weighted by molar-refractivity contribution is 5.41. The lowest BCUT2D eigenvalue weighted by Crippen LogP contribution is -2.52. The van der Waals surface area contributed by atoms with E-state index in [0.717, 1.165) is 31.1 Å². The van der Waals surface area contributed by atoms with Crippen LogP contribution in [0.3, 0.4) is 0 Å². The lowest BCUT2D eigenvalue weighted by Gasteiger charge is -2.52. The molecule has 0 unspecified atom stereocenters. The Balaban J connectivity index is 1.53. The molecule has 1 aromatic rings. The molecule has 4 rings (SSSR count). The molecule has 34 heavy (non-hydrogen) atoms. The van der Waals surface area contributed by atoms with Crippen LogP contribution in [0.25, 0.3) is 0 Å². The predicted molar refractivity (Wildman–Crippen MR) is 112 cm³/mol. The quantitative estimate of drug-likeness (QED) is 0.351. The Kier molecular flexibility index (Phi) is 6.06. The molecule has 5 atom stereocenters. The third-order valence-electron chi connectivity index (χ3n) is 8.73. The van der Waals surface area contributed by atoms with E-state index in [4.69, 9.17) is 4.74 Å². The monoisotopic (exact) mass is 494 g/mol. The van der Waals surface area contributed by atoms with Crippen LogP contribution < -0.4 is 4.74 Å². The van der Waals surface area contributed by atoms with Crippen LogP contribution >= 0.6 is 0 Å². The largest absolute Gasteiger partial charge is 0.497 e. The summed E-state index contributed by atoms with van der Waals surface area (Å²) in [7, 11) is 1.62. The Labute approximate surface area is 194 Å². The van der Waals surface area contributed by atoms with Crippen LogP contribution in [0.2, 0.25) is 0 Å². The first-order valence-electron chi connectivity index (χ1n) is 11.6. The van der Waals surface area contributed by atoms with Crippen LogP contribution in [-0.2, 0) is 6.42 Å². The number of benzene rings is 1. The van der Waals surface area contributed by atoms with Crippen molar-refractivity contribution in [3.63, 3.8) is 0 Å². The lowest BCUT2D eigenvalue weighted by atomic mass is 9.53. The molecule has 0 saturated heterocycles. The van der Waals surface area contributed by atoms with Crippen molar-refractivity contribution < 1.29 is 40.6 Å². The fourth-order valence-electron chi connectivity index (χ4n) is 6.75. The number of hydrogen-bond acceptors (Lipinski definition) is 2. The number of hydrogen-bond donors (Lipinski definition) is 1. The summed E-state index contributed by atoms with van der Waals surface area (Å²) < 4.78 is 96.5. The topological polar surface area (TPSA) is 29.5 Å². The van der Waals surface area contributed by atoms with Gasteiger partial charge in [0.15, 0.2) is 0 Å². The Hall–Kier alpha value is -1.77. The molecule has 0 bridgehead atoms. The molecule has 9 heteroatoms. The maximum atomic E-state index is 13.7. The van der Waals surface area contributed by atoms with Crippen molar-refractivity contribution in [3.8, 4) is 5.75 Å². The van der Waals surface area contributed by atoms with Crippen molar-refractivity contribution in [2.75, 3.05) is 7.11 Å². The first kappa shape index (κ1) is 25.3. The lowest BCUT2D eigenvalue weighted by molar-refractivity contribution is -0.353. The van der Waals surface area contributed by atoms with Crippen LogP contribution in [0, 0.1) is 17.3 Å². The van der Waals surface area contributed by atoms with Gasteiger partial charge in [-0.15, -0.1) is 0 Å². The molecule has 0 spiro atoms. The molecule has 0 amide bonds. The first-order chi connectivity index (χ1) is 15.7. The summed E-state index contributed by atoms with van der Waals surface area (Å²) >= 11 is 0. The number of allylic oxidation sites excluding steroid dienone is 1. The van der Waals surface area contributed by atoms with Crippen molar-refractivity contribution in [3.05, 3.63) is 41.5 Å². The molecule has 2 saturated carbocycles. The first-order valence-corrected chi connectivity index (χ1v) is 11.6. The van der Waals surface area contributed by atoms with Crippen molar-refractivity contribution in [2.24, 2.45) is 17.3 Å². The number of fused-ring (bicyclic) bond motifs is 5. The van der Waals surface area contributed by atoms with Crippen LogP contribution in [0.1, 0.15) is 62.5 Å². The summed E-state index contributed by atoms with van der Waals surface area (Å²) in [6.07, 6.45) is -2.49. The van der Waals surface area contributed by atoms with E-state index in [1.807, 2.05) is 19.1 Å². The highest BCUT2D eigenvalue weighted by Crippen LogP contribution is 2.64. The van der Waals surface area contributed by atoms with E-state index in [0.29, 0.717) is 24.8 Å². The summed E-state index contributed by atoms with van der Waals surface area (Å²) in [5, 5.41) is 11.4. The third-order valence-corrected chi connectivity index (χ3v) is 8.73. The molecular weight excluding hydrogens is 465 g/mol. The van der Waals surface area contributed by atoms with E-state index in [-0.39, 0.29) is 18.3 Å². The Morgan fingerprint density at radius 1 is 1.06 bits per heavy atom. The zero-order valence-electron chi connectivity index (χ0n) is 19.1. The Morgan fingerprint density at radius 3 is 2.41 bits per heavy atom. The minimum absolute atomic E-state index is 0.0910. The molecule has 190 valence electrons. The Bertz CT molecular complexity index is 957. The third kappa shape index (κ3) is 3.73. The van der Waals surface area contributed by atoms with Gasteiger partial charge in [0, 0.05) is 11.8 Å². The molecule has 0 heterocycles. The summed E-state index contributed by atoms with van der Waals surface area (Å²) in [6, 6.07) is 6.06. The second-order valence-electron chi connectivity index (χ2n) is 10.3. The van der Waals surface area contributed by atoms with Crippen molar-refractivity contribution in [1.82, 2.24) is 0 Å². The summed E-state index contributed by atoms with van der Waals surface area (Å²) in [5.41, 5.74) is 0.299. The number of methoxy groups -OCH3 is 1. The van der Waals surface area contributed by atoms with E-state index >= 15 is 0 Å². The van der Waals surface area contributed by atoms with Gasteiger partial charge in [0.1, 0.15) is 5.75 Å². The minimum Gasteiger partial charge on any atom is -0.497 e. The smallest absolute Gasteiger partial charge is 0.459 e. The SMILES string of the molecule is COc1ccc2c(c1)CC[C@@H]1[C@@H]2CC[C@@]2(C)[C@H]1CC[C@@]2(O)/C=C/CC(F)(F)C(F)(F)C(F)(F)F. The average molecular weight is 494 g/mol. The normalized spacial score (nSPS) is 34.0. The van der Waals surface area contributed by atoms with Gasteiger partial charge in [-0.1, -0.05) is 25.1 Å². The van der Waals surface area contributed by atoms with E-state index < -0.39 is 35.5 Å². The Morgan fingerprint density at radius 2 is 1.76 bits per heavy atom. The average Bonchev–Trinajstić information content (AvgIpc) is 3.03. The number of ether oxygens (including phenoxy) is 1.